The minimum absolute atomic E-state index is 0.142. The van der Waals surface area contributed by atoms with Gasteiger partial charge in [0.15, 0.2) is 0 Å². The van der Waals surface area contributed by atoms with Crippen molar-refractivity contribution in [1.29, 1.82) is 0 Å². The Morgan fingerprint density at radius 3 is 2.07 bits per heavy atom. The summed E-state index contributed by atoms with van der Waals surface area (Å²) >= 11 is 1.59. The molecule has 2 fully saturated rings. The van der Waals surface area contributed by atoms with Crippen molar-refractivity contribution in [1.82, 2.24) is 14.7 Å². The third-order valence-corrected chi connectivity index (χ3v) is 9.64. The first-order valence-corrected chi connectivity index (χ1v) is 16.3. The van der Waals surface area contributed by atoms with Crippen LogP contribution in [-0.4, -0.2) is 65.3 Å². The van der Waals surface area contributed by atoms with E-state index in [1.807, 2.05) is 41.3 Å². The molecule has 0 bridgehead atoms. The highest BCUT2D eigenvalue weighted by atomic mass is 32.1. The smallest absolute Gasteiger partial charge is 0.264 e. The maximum Gasteiger partial charge on any atom is 0.264 e. The van der Waals surface area contributed by atoms with Crippen molar-refractivity contribution in [3.8, 4) is 11.1 Å². The summed E-state index contributed by atoms with van der Waals surface area (Å²) in [7, 11) is 0. The molecule has 0 spiro atoms. The Balaban J connectivity index is 1.26. The number of benzene rings is 2. The summed E-state index contributed by atoms with van der Waals surface area (Å²) in [6, 6.07) is 20.9. The lowest BCUT2D eigenvalue weighted by molar-refractivity contribution is 0.0551. The van der Waals surface area contributed by atoms with E-state index < -0.39 is 0 Å². The minimum Gasteiger partial charge on any atom is -0.339 e. The van der Waals surface area contributed by atoms with Crippen molar-refractivity contribution < 1.29 is 9.59 Å². The van der Waals surface area contributed by atoms with E-state index in [1.165, 1.54) is 17.7 Å². The van der Waals surface area contributed by atoms with Crippen LogP contribution in [0.1, 0.15) is 82.8 Å². The van der Waals surface area contributed by atoms with E-state index in [-0.39, 0.29) is 17.9 Å². The largest absolute Gasteiger partial charge is 0.339 e. The molecule has 5 nitrogen and oxygen atoms in total. The fourth-order valence-corrected chi connectivity index (χ4v) is 6.86. The van der Waals surface area contributed by atoms with Gasteiger partial charge in [-0.05, 0) is 98.9 Å². The van der Waals surface area contributed by atoms with Gasteiger partial charge in [-0.15, -0.1) is 11.3 Å². The van der Waals surface area contributed by atoms with Crippen molar-refractivity contribution >= 4 is 23.2 Å². The van der Waals surface area contributed by atoms with Gasteiger partial charge in [0.2, 0.25) is 0 Å². The number of aryl methyl sites for hydroxylation is 1. The quantitative estimate of drug-likeness (QED) is 0.267. The molecule has 3 aromatic rings. The Hall–Kier alpha value is -2.96. The van der Waals surface area contributed by atoms with Crippen LogP contribution in [0.15, 0.2) is 60.7 Å². The molecule has 2 amide bonds. The second-order valence-corrected chi connectivity index (χ2v) is 13.5. The van der Waals surface area contributed by atoms with Crippen molar-refractivity contribution in [2.24, 2.45) is 5.92 Å². The number of rotatable bonds is 9. The van der Waals surface area contributed by atoms with E-state index >= 15 is 0 Å². The lowest BCUT2D eigenvalue weighted by Gasteiger charge is -2.38. The van der Waals surface area contributed by atoms with Crippen LogP contribution < -0.4 is 0 Å². The Kier molecular flexibility index (Phi) is 9.94. The second kappa shape index (κ2) is 13.8. The number of carbonyl (C=O) groups excluding carboxylic acids is 2. The maximum atomic E-state index is 13.7. The molecular formula is C35H45N3O2S. The van der Waals surface area contributed by atoms with Gasteiger partial charge in [0.25, 0.3) is 11.8 Å². The minimum atomic E-state index is 0.142. The zero-order valence-corrected chi connectivity index (χ0v) is 25.8. The number of hydrogen-bond donors (Lipinski definition) is 0. The van der Waals surface area contributed by atoms with Crippen LogP contribution in [-0.2, 0) is 6.54 Å². The normalized spacial score (nSPS) is 16.7. The molecule has 0 saturated carbocycles. The molecule has 5 rings (SSSR count). The van der Waals surface area contributed by atoms with E-state index in [2.05, 4.69) is 54.8 Å². The van der Waals surface area contributed by atoms with E-state index in [0.717, 1.165) is 91.5 Å². The van der Waals surface area contributed by atoms with Crippen LogP contribution in [0.2, 0.25) is 0 Å². The average Bonchev–Trinajstić information content (AvgIpc) is 3.45. The molecule has 0 radical (unpaired) electrons. The molecule has 0 aliphatic carbocycles. The van der Waals surface area contributed by atoms with Gasteiger partial charge in [-0.1, -0.05) is 50.2 Å². The predicted molar refractivity (Wildman–Crippen MR) is 169 cm³/mol. The van der Waals surface area contributed by atoms with E-state index in [9.17, 15) is 9.59 Å². The molecular weight excluding hydrogens is 526 g/mol. The van der Waals surface area contributed by atoms with Crippen LogP contribution >= 0.6 is 11.3 Å². The van der Waals surface area contributed by atoms with Gasteiger partial charge in [0, 0.05) is 49.2 Å². The Morgan fingerprint density at radius 2 is 1.49 bits per heavy atom. The number of thiophene rings is 1. The Labute approximate surface area is 250 Å². The van der Waals surface area contributed by atoms with E-state index in [0.29, 0.717) is 6.54 Å². The summed E-state index contributed by atoms with van der Waals surface area (Å²) in [5.74, 6) is 1.01. The Morgan fingerprint density at radius 1 is 0.854 bits per heavy atom. The fourth-order valence-electron chi connectivity index (χ4n) is 6.04. The maximum absolute atomic E-state index is 13.7. The first kappa shape index (κ1) is 29.5. The third-order valence-electron chi connectivity index (χ3n) is 8.65. The molecule has 2 aromatic carbocycles. The topological polar surface area (TPSA) is 43.9 Å². The number of nitrogens with zero attached hydrogens (tertiary/aromatic N) is 3. The van der Waals surface area contributed by atoms with Crippen LogP contribution in [0, 0.1) is 12.8 Å². The summed E-state index contributed by atoms with van der Waals surface area (Å²) in [4.78, 5) is 35.3. The van der Waals surface area contributed by atoms with Gasteiger partial charge in [-0.25, -0.2) is 0 Å². The van der Waals surface area contributed by atoms with Gasteiger partial charge in [0.05, 0.1) is 4.88 Å². The van der Waals surface area contributed by atoms with Gasteiger partial charge >= 0.3 is 0 Å². The second-order valence-electron chi connectivity index (χ2n) is 12.2. The van der Waals surface area contributed by atoms with Gasteiger partial charge in [-0.2, -0.15) is 0 Å². The number of carbonyl (C=O) groups is 2. The fraction of sp³-hybridized carbons (Fsp3) is 0.486. The van der Waals surface area contributed by atoms with Crippen LogP contribution in [0.3, 0.4) is 0 Å². The van der Waals surface area contributed by atoms with Crippen LogP contribution in [0.4, 0.5) is 0 Å². The number of likely N-dealkylation sites (tertiary alicyclic amines) is 2. The van der Waals surface area contributed by atoms with E-state index in [4.69, 9.17) is 0 Å². The molecule has 41 heavy (non-hydrogen) atoms. The zero-order chi connectivity index (χ0) is 28.8. The van der Waals surface area contributed by atoms with Gasteiger partial charge in [-0.3, -0.25) is 9.59 Å². The number of amides is 2. The Bertz CT molecular complexity index is 1280. The summed E-state index contributed by atoms with van der Waals surface area (Å²) in [5.41, 5.74) is 4.13. The van der Waals surface area contributed by atoms with Crippen LogP contribution in [0.5, 0.6) is 0 Å². The number of piperidine rings is 2. The molecule has 3 heterocycles. The van der Waals surface area contributed by atoms with Crippen molar-refractivity contribution in [3.05, 3.63) is 81.5 Å². The molecule has 0 atom stereocenters. The third kappa shape index (κ3) is 7.66. The monoisotopic (exact) mass is 571 g/mol. The standard InChI is InChI=1S/C35H45N3O2S/c1-26(2)17-22-36-23-18-32(19-24-36)38(35(40)33-16-7-27(3)41-33)25-28-8-10-29(11-9-28)30-12-14-31(15-13-30)34(39)37-20-5-4-6-21-37/h7-16,26,32H,4-6,17-25H2,1-3H3. The highest BCUT2D eigenvalue weighted by molar-refractivity contribution is 7.13. The van der Waals surface area contributed by atoms with Gasteiger partial charge in [0.1, 0.15) is 0 Å². The molecule has 1 aromatic heterocycles. The van der Waals surface area contributed by atoms with Crippen molar-refractivity contribution in [2.45, 2.75) is 71.9 Å². The lowest BCUT2D eigenvalue weighted by Crippen LogP contribution is -2.47. The van der Waals surface area contributed by atoms with Crippen molar-refractivity contribution in [3.63, 3.8) is 0 Å². The molecule has 6 heteroatoms. The van der Waals surface area contributed by atoms with Gasteiger partial charge < -0.3 is 14.7 Å². The molecule has 0 unspecified atom stereocenters. The molecule has 218 valence electrons. The average molecular weight is 572 g/mol. The number of hydrogen-bond acceptors (Lipinski definition) is 4. The highest BCUT2D eigenvalue weighted by Gasteiger charge is 2.29. The predicted octanol–water partition coefficient (Wildman–Crippen LogP) is 7.50. The lowest BCUT2D eigenvalue weighted by atomic mass is 9.99. The molecule has 0 N–H and O–H groups in total. The first-order chi connectivity index (χ1) is 19.9. The summed E-state index contributed by atoms with van der Waals surface area (Å²) in [5, 5.41) is 0. The summed E-state index contributed by atoms with van der Waals surface area (Å²) in [6.07, 6.45) is 6.69. The molecule has 2 aliphatic heterocycles. The summed E-state index contributed by atoms with van der Waals surface area (Å²) < 4.78 is 0. The molecule has 2 aliphatic rings. The van der Waals surface area contributed by atoms with Crippen molar-refractivity contribution in [2.75, 3.05) is 32.7 Å². The van der Waals surface area contributed by atoms with E-state index in [1.54, 1.807) is 11.3 Å². The first-order valence-electron chi connectivity index (χ1n) is 15.5. The van der Waals surface area contributed by atoms with Crippen LogP contribution in [0.25, 0.3) is 11.1 Å². The SMILES string of the molecule is Cc1ccc(C(=O)N(Cc2ccc(-c3ccc(C(=O)N4CCCCC4)cc3)cc2)C2CCN(CCC(C)C)CC2)s1. The zero-order valence-electron chi connectivity index (χ0n) is 25.0. The summed E-state index contributed by atoms with van der Waals surface area (Å²) in [6.45, 7) is 12.2. The highest BCUT2D eigenvalue weighted by Crippen LogP contribution is 2.27. The molecule has 2 saturated heterocycles.